The molecule has 0 spiro atoms. The molecule has 0 aromatic rings. The number of likely N-dealkylation sites (tertiary alicyclic amines) is 1. The van der Waals surface area contributed by atoms with Crippen molar-refractivity contribution in [3.8, 4) is 0 Å². The van der Waals surface area contributed by atoms with E-state index in [1.54, 1.807) is 0 Å². The standard InChI is InChI=1S/C22H44N4O3/c1-7-23-20(24-14-18(10-12-27)13-17(2)3)25-15-19-9-8-11-26(16-19)21(28)29-22(4,5)6/h17-19,27H,7-16H2,1-6H3,(H2,23,24,25). The second kappa shape index (κ2) is 12.9. The first-order chi connectivity index (χ1) is 13.6. The molecular formula is C22H44N4O3. The number of guanidine groups is 1. The van der Waals surface area contributed by atoms with Crippen LogP contribution in [0.25, 0.3) is 0 Å². The van der Waals surface area contributed by atoms with Gasteiger partial charge in [0.25, 0.3) is 0 Å². The summed E-state index contributed by atoms with van der Waals surface area (Å²) >= 11 is 0. The SMILES string of the molecule is CCNC(=NCC(CCO)CC(C)C)NCC1CCCN(C(=O)OC(C)(C)C)C1. The van der Waals surface area contributed by atoms with Gasteiger partial charge in [0.1, 0.15) is 5.60 Å². The highest BCUT2D eigenvalue weighted by atomic mass is 16.6. The third-order valence-electron chi connectivity index (χ3n) is 4.92. The Hall–Kier alpha value is -1.50. The van der Waals surface area contributed by atoms with Gasteiger partial charge in [-0.2, -0.15) is 0 Å². The van der Waals surface area contributed by atoms with Crippen molar-refractivity contribution in [2.75, 3.05) is 39.3 Å². The van der Waals surface area contributed by atoms with Crippen molar-refractivity contribution in [1.29, 1.82) is 0 Å². The highest BCUT2D eigenvalue weighted by Gasteiger charge is 2.27. The van der Waals surface area contributed by atoms with Crippen molar-refractivity contribution in [3.05, 3.63) is 0 Å². The molecule has 170 valence electrons. The Morgan fingerprint density at radius 1 is 1.31 bits per heavy atom. The molecule has 0 aliphatic carbocycles. The number of ether oxygens (including phenoxy) is 1. The zero-order valence-corrected chi connectivity index (χ0v) is 19.5. The second-order valence-electron chi connectivity index (χ2n) is 9.54. The summed E-state index contributed by atoms with van der Waals surface area (Å²) in [5.74, 6) is 2.18. The van der Waals surface area contributed by atoms with Crippen LogP contribution in [0.3, 0.4) is 0 Å². The molecule has 1 amide bonds. The molecule has 3 N–H and O–H groups in total. The van der Waals surface area contributed by atoms with E-state index >= 15 is 0 Å². The lowest BCUT2D eigenvalue weighted by atomic mass is 9.94. The lowest BCUT2D eigenvalue weighted by molar-refractivity contribution is 0.0168. The minimum absolute atomic E-state index is 0.208. The Labute approximate surface area is 177 Å². The number of nitrogens with zero attached hydrogens (tertiary/aromatic N) is 2. The van der Waals surface area contributed by atoms with Gasteiger partial charge in [-0.1, -0.05) is 13.8 Å². The fraction of sp³-hybridized carbons (Fsp3) is 0.909. The maximum Gasteiger partial charge on any atom is 0.410 e. The lowest BCUT2D eigenvalue weighted by Gasteiger charge is -2.34. The van der Waals surface area contributed by atoms with Crippen molar-refractivity contribution in [2.45, 2.75) is 72.8 Å². The van der Waals surface area contributed by atoms with Crippen molar-refractivity contribution in [1.82, 2.24) is 15.5 Å². The van der Waals surface area contributed by atoms with Gasteiger partial charge in [0.05, 0.1) is 0 Å². The van der Waals surface area contributed by atoms with E-state index in [0.717, 1.165) is 51.3 Å². The van der Waals surface area contributed by atoms with Gasteiger partial charge in [0.2, 0.25) is 0 Å². The van der Waals surface area contributed by atoms with Gasteiger partial charge in [-0.15, -0.1) is 0 Å². The lowest BCUT2D eigenvalue weighted by Crippen LogP contribution is -2.47. The van der Waals surface area contributed by atoms with E-state index in [0.29, 0.717) is 30.8 Å². The van der Waals surface area contributed by atoms with E-state index in [1.165, 1.54) is 0 Å². The largest absolute Gasteiger partial charge is 0.444 e. The number of hydrogen-bond donors (Lipinski definition) is 3. The third-order valence-corrected chi connectivity index (χ3v) is 4.92. The molecule has 0 aromatic heterocycles. The van der Waals surface area contributed by atoms with Crippen LogP contribution in [0.4, 0.5) is 4.79 Å². The summed E-state index contributed by atoms with van der Waals surface area (Å²) in [4.78, 5) is 18.9. The van der Waals surface area contributed by atoms with Crippen molar-refractivity contribution in [3.63, 3.8) is 0 Å². The summed E-state index contributed by atoms with van der Waals surface area (Å²) in [6.45, 7) is 16.1. The van der Waals surface area contributed by atoms with Gasteiger partial charge in [-0.05, 0) is 71.1 Å². The number of carbonyl (C=O) groups excluding carboxylic acids is 1. The summed E-state index contributed by atoms with van der Waals surface area (Å²) in [6, 6.07) is 0. The molecule has 1 aliphatic rings. The van der Waals surface area contributed by atoms with Crippen molar-refractivity contribution >= 4 is 12.1 Å². The smallest absolute Gasteiger partial charge is 0.410 e. The summed E-state index contributed by atoms with van der Waals surface area (Å²) in [6.07, 6.45) is 3.72. The number of hydrogen-bond acceptors (Lipinski definition) is 4. The maximum atomic E-state index is 12.4. The molecule has 0 bridgehead atoms. The van der Waals surface area contributed by atoms with E-state index in [9.17, 15) is 9.90 Å². The molecule has 1 rings (SSSR count). The van der Waals surface area contributed by atoms with E-state index in [4.69, 9.17) is 9.73 Å². The van der Waals surface area contributed by atoms with Crippen LogP contribution >= 0.6 is 0 Å². The summed E-state index contributed by atoms with van der Waals surface area (Å²) < 4.78 is 5.52. The van der Waals surface area contributed by atoms with Gasteiger partial charge in [0, 0.05) is 39.3 Å². The monoisotopic (exact) mass is 412 g/mol. The first-order valence-corrected chi connectivity index (χ1v) is 11.3. The first-order valence-electron chi connectivity index (χ1n) is 11.3. The van der Waals surface area contributed by atoms with E-state index in [-0.39, 0.29) is 12.7 Å². The van der Waals surface area contributed by atoms with Gasteiger partial charge >= 0.3 is 6.09 Å². The Morgan fingerprint density at radius 3 is 2.62 bits per heavy atom. The average molecular weight is 413 g/mol. The molecule has 7 nitrogen and oxygen atoms in total. The topological polar surface area (TPSA) is 86.2 Å². The molecule has 1 aliphatic heterocycles. The highest BCUT2D eigenvalue weighted by Crippen LogP contribution is 2.19. The number of amides is 1. The zero-order chi connectivity index (χ0) is 21.9. The van der Waals surface area contributed by atoms with Crippen LogP contribution in [0.2, 0.25) is 0 Å². The molecular weight excluding hydrogens is 368 g/mol. The number of piperidine rings is 1. The quantitative estimate of drug-likeness (QED) is 0.400. The molecule has 1 heterocycles. The number of rotatable bonds is 9. The Bertz CT molecular complexity index is 503. The van der Waals surface area contributed by atoms with Crippen molar-refractivity contribution < 1.29 is 14.6 Å². The minimum atomic E-state index is -0.464. The fourth-order valence-corrected chi connectivity index (χ4v) is 3.66. The van der Waals surface area contributed by atoms with Gasteiger partial charge in [0.15, 0.2) is 5.96 Å². The predicted molar refractivity (Wildman–Crippen MR) is 119 cm³/mol. The summed E-state index contributed by atoms with van der Waals surface area (Å²) in [7, 11) is 0. The Morgan fingerprint density at radius 2 is 2.03 bits per heavy atom. The first kappa shape index (κ1) is 25.5. The van der Waals surface area contributed by atoms with Gasteiger partial charge in [-0.3, -0.25) is 4.99 Å². The molecule has 1 saturated heterocycles. The number of nitrogens with one attached hydrogen (secondary N) is 2. The number of aliphatic hydroxyl groups excluding tert-OH is 1. The summed E-state index contributed by atoms with van der Waals surface area (Å²) in [5, 5.41) is 16.1. The maximum absolute atomic E-state index is 12.4. The molecule has 7 heteroatoms. The van der Waals surface area contributed by atoms with Gasteiger partial charge < -0.3 is 25.4 Å². The van der Waals surface area contributed by atoms with Crippen LogP contribution in [0.5, 0.6) is 0 Å². The minimum Gasteiger partial charge on any atom is -0.444 e. The van der Waals surface area contributed by atoms with Crippen LogP contribution in [0, 0.1) is 17.8 Å². The van der Waals surface area contributed by atoms with Crippen LogP contribution < -0.4 is 10.6 Å². The predicted octanol–water partition coefficient (Wildman–Crippen LogP) is 3.23. The molecule has 0 saturated carbocycles. The average Bonchev–Trinajstić information content (AvgIpc) is 2.62. The van der Waals surface area contributed by atoms with E-state index in [1.807, 2.05) is 25.7 Å². The normalized spacial score (nSPS) is 19.2. The van der Waals surface area contributed by atoms with Crippen LogP contribution in [-0.4, -0.2) is 67.0 Å². The van der Waals surface area contributed by atoms with Crippen molar-refractivity contribution in [2.24, 2.45) is 22.7 Å². The molecule has 0 aromatic carbocycles. The number of aliphatic imine (C=N–C) groups is 1. The second-order valence-corrected chi connectivity index (χ2v) is 9.54. The fourth-order valence-electron chi connectivity index (χ4n) is 3.66. The van der Waals surface area contributed by atoms with E-state index in [2.05, 4.69) is 31.4 Å². The number of aliphatic hydroxyl groups is 1. The van der Waals surface area contributed by atoms with Crippen LogP contribution in [0.1, 0.15) is 67.2 Å². The molecule has 0 radical (unpaired) electrons. The molecule has 1 fully saturated rings. The molecule has 2 atom stereocenters. The molecule has 2 unspecified atom stereocenters. The zero-order valence-electron chi connectivity index (χ0n) is 19.5. The van der Waals surface area contributed by atoms with Crippen LogP contribution in [-0.2, 0) is 4.74 Å². The summed E-state index contributed by atoms with van der Waals surface area (Å²) in [5.41, 5.74) is -0.464. The highest BCUT2D eigenvalue weighted by molar-refractivity contribution is 5.79. The van der Waals surface area contributed by atoms with E-state index < -0.39 is 5.60 Å². The van der Waals surface area contributed by atoms with Crippen LogP contribution in [0.15, 0.2) is 4.99 Å². The van der Waals surface area contributed by atoms with Gasteiger partial charge in [-0.25, -0.2) is 4.79 Å². The third kappa shape index (κ3) is 11.3. The Kier molecular flexibility index (Phi) is 11.4. The molecule has 29 heavy (non-hydrogen) atoms. The number of carbonyl (C=O) groups is 1. The Balaban J connectivity index is 2.57.